The van der Waals surface area contributed by atoms with Crippen molar-refractivity contribution in [3.05, 3.63) is 186 Å². The fourth-order valence-electron chi connectivity index (χ4n) is 8.66. The molecule has 0 unspecified atom stereocenters. The molecular formula is C45H27NO. The van der Waals surface area contributed by atoms with Crippen LogP contribution in [0.25, 0.3) is 54.6 Å². The molecule has 47 heavy (non-hydrogen) atoms. The molecule has 0 saturated carbocycles. The normalized spacial score (nSPS) is 13.7. The predicted molar refractivity (Wildman–Crippen MR) is 194 cm³/mol. The van der Waals surface area contributed by atoms with Gasteiger partial charge in [-0.1, -0.05) is 121 Å². The van der Waals surface area contributed by atoms with Crippen LogP contribution < -0.4 is 4.90 Å². The molecular weight excluding hydrogens is 571 g/mol. The highest BCUT2D eigenvalue weighted by Crippen LogP contribution is 2.65. The number of hydrogen-bond donors (Lipinski definition) is 0. The van der Waals surface area contributed by atoms with E-state index in [0.717, 1.165) is 39.0 Å². The molecule has 2 aliphatic carbocycles. The van der Waals surface area contributed by atoms with Crippen molar-refractivity contribution in [2.45, 2.75) is 5.41 Å². The van der Waals surface area contributed by atoms with Gasteiger partial charge in [-0.15, -0.1) is 0 Å². The Kier molecular flexibility index (Phi) is 4.80. The Morgan fingerprint density at radius 1 is 0.404 bits per heavy atom. The predicted octanol–water partition coefficient (Wildman–Crippen LogP) is 12.0. The van der Waals surface area contributed by atoms with Gasteiger partial charge >= 0.3 is 0 Å². The highest BCUT2D eigenvalue weighted by molar-refractivity contribution is 6.14. The summed E-state index contributed by atoms with van der Waals surface area (Å²) >= 11 is 0. The second-order valence-electron chi connectivity index (χ2n) is 12.9. The molecule has 8 aromatic carbocycles. The van der Waals surface area contributed by atoms with Crippen LogP contribution in [0, 0.1) is 0 Å². The van der Waals surface area contributed by atoms with Crippen LogP contribution in [0.5, 0.6) is 0 Å². The summed E-state index contributed by atoms with van der Waals surface area (Å²) in [4.78, 5) is 2.41. The molecule has 0 N–H and O–H groups in total. The van der Waals surface area contributed by atoms with E-state index in [1.54, 1.807) is 0 Å². The molecule has 218 valence electrons. The maximum Gasteiger partial charge on any atom is 0.137 e. The van der Waals surface area contributed by atoms with Crippen LogP contribution in [0.15, 0.2) is 168 Å². The van der Waals surface area contributed by atoms with E-state index in [1.807, 2.05) is 12.1 Å². The van der Waals surface area contributed by atoms with Crippen LogP contribution in [-0.2, 0) is 5.41 Å². The first-order chi connectivity index (χ1) is 23.3. The van der Waals surface area contributed by atoms with Crippen LogP contribution >= 0.6 is 0 Å². The van der Waals surface area contributed by atoms with E-state index in [-0.39, 0.29) is 5.41 Å². The van der Waals surface area contributed by atoms with Gasteiger partial charge in [0.1, 0.15) is 11.2 Å². The Bertz CT molecular complexity index is 2700. The zero-order valence-electron chi connectivity index (χ0n) is 25.4. The number of nitrogens with zero attached hydrogens (tertiary/aromatic N) is 1. The molecule has 2 aliphatic rings. The quantitative estimate of drug-likeness (QED) is 0.201. The number of hydrogen-bond acceptors (Lipinski definition) is 2. The zero-order chi connectivity index (χ0) is 30.7. The van der Waals surface area contributed by atoms with Crippen molar-refractivity contribution >= 4 is 60.5 Å². The van der Waals surface area contributed by atoms with Gasteiger partial charge in [0.05, 0.1) is 11.1 Å². The Labute approximate surface area is 271 Å². The van der Waals surface area contributed by atoms with Gasteiger partial charge in [0.15, 0.2) is 0 Å². The molecule has 0 amide bonds. The van der Waals surface area contributed by atoms with Crippen LogP contribution in [0.1, 0.15) is 22.3 Å². The van der Waals surface area contributed by atoms with E-state index in [1.165, 1.54) is 54.9 Å². The molecule has 11 rings (SSSR count). The molecule has 1 heterocycles. The second-order valence-corrected chi connectivity index (χ2v) is 12.9. The van der Waals surface area contributed by atoms with E-state index in [4.69, 9.17) is 4.42 Å². The fourth-order valence-corrected chi connectivity index (χ4v) is 8.66. The summed E-state index contributed by atoms with van der Waals surface area (Å²) < 4.78 is 6.41. The summed E-state index contributed by atoms with van der Waals surface area (Å²) in [6.45, 7) is 0. The maximum atomic E-state index is 6.41. The van der Waals surface area contributed by atoms with Crippen molar-refractivity contribution in [3.8, 4) is 11.1 Å². The molecule has 2 heteroatoms. The molecule has 0 fully saturated rings. The minimum Gasteiger partial charge on any atom is -0.456 e. The topological polar surface area (TPSA) is 16.4 Å². The average molecular weight is 598 g/mol. The van der Waals surface area contributed by atoms with E-state index in [2.05, 4.69) is 157 Å². The van der Waals surface area contributed by atoms with E-state index in [9.17, 15) is 0 Å². The van der Waals surface area contributed by atoms with E-state index < -0.39 is 0 Å². The molecule has 0 radical (unpaired) electrons. The van der Waals surface area contributed by atoms with Crippen LogP contribution in [0.4, 0.5) is 17.1 Å². The van der Waals surface area contributed by atoms with Gasteiger partial charge in [-0.25, -0.2) is 0 Å². The minimum absolute atomic E-state index is 0.144. The van der Waals surface area contributed by atoms with Gasteiger partial charge in [0.25, 0.3) is 0 Å². The third-order valence-corrected chi connectivity index (χ3v) is 10.6. The number of benzene rings is 8. The highest BCUT2D eigenvalue weighted by atomic mass is 16.3. The minimum atomic E-state index is -0.144. The first-order valence-electron chi connectivity index (χ1n) is 16.3. The third-order valence-electron chi connectivity index (χ3n) is 10.6. The Hall–Kier alpha value is -6.12. The molecule has 2 nitrogen and oxygen atoms in total. The molecule has 0 saturated heterocycles. The van der Waals surface area contributed by atoms with Crippen molar-refractivity contribution in [1.29, 1.82) is 0 Å². The van der Waals surface area contributed by atoms with Gasteiger partial charge in [-0.3, -0.25) is 0 Å². The lowest BCUT2D eigenvalue weighted by Crippen LogP contribution is -2.43. The number of rotatable bonds is 4. The van der Waals surface area contributed by atoms with Gasteiger partial charge in [-0.2, -0.15) is 0 Å². The van der Waals surface area contributed by atoms with Crippen molar-refractivity contribution in [2.24, 2.45) is 0 Å². The lowest BCUT2D eigenvalue weighted by atomic mass is 9.49. The highest BCUT2D eigenvalue weighted by Gasteiger charge is 2.54. The first-order valence-corrected chi connectivity index (χ1v) is 16.3. The van der Waals surface area contributed by atoms with Crippen molar-refractivity contribution in [1.82, 2.24) is 0 Å². The molecule has 9 aromatic rings. The van der Waals surface area contributed by atoms with Crippen LogP contribution in [0.3, 0.4) is 0 Å². The maximum absolute atomic E-state index is 6.41. The Morgan fingerprint density at radius 3 is 1.89 bits per heavy atom. The lowest BCUT2D eigenvalue weighted by Gasteiger charge is -2.52. The molecule has 1 aromatic heterocycles. The van der Waals surface area contributed by atoms with Gasteiger partial charge in [0.2, 0.25) is 0 Å². The molecule has 0 atom stereocenters. The second kappa shape index (κ2) is 8.99. The van der Waals surface area contributed by atoms with Crippen LogP contribution in [0.2, 0.25) is 0 Å². The SMILES string of the molecule is c1ccc(-c2cccc(N(c3ccc4c(c3)oc3ccccc34)c3ccc4c5c(cccc35)C43c4cccc5cccc3c45)c2)cc1. The van der Waals surface area contributed by atoms with Gasteiger partial charge < -0.3 is 9.32 Å². The number of fused-ring (bicyclic) bond motifs is 7. The van der Waals surface area contributed by atoms with Crippen molar-refractivity contribution in [2.75, 3.05) is 4.90 Å². The fraction of sp³-hybridized carbons (Fsp3) is 0.0222. The third kappa shape index (κ3) is 3.15. The zero-order valence-corrected chi connectivity index (χ0v) is 25.4. The summed E-state index contributed by atoms with van der Waals surface area (Å²) in [5, 5.41) is 7.64. The Balaban J connectivity index is 1.14. The van der Waals surface area contributed by atoms with Gasteiger partial charge in [0, 0.05) is 33.6 Å². The smallest absolute Gasteiger partial charge is 0.137 e. The van der Waals surface area contributed by atoms with E-state index >= 15 is 0 Å². The van der Waals surface area contributed by atoms with Crippen molar-refractivity contribution < 1.29 is 4.42 Å². The molecule has 0 bridgehead atoms. The largest absolute Gasteiger partial charge is 0.456 e. The standard InChI is InChI=1S/C45H27NO/c1-2-10-28(11-3-1)30-14-6-15-31(26-30)46(32-22-23-34-33-16-4-5-21-41(33)47-42(34)27-32)40-25-24-39-44-35(40)17-9-20-38(44)45(39)36-18-7-12-29-13-8-19-37(45)43(29)36/h1-27H. The first kappa shape index (κ1) is 25.1. The summed E-state index contributed by atoms with van der Waals surface area (Å²) in [5.74, 6) is 0. The summed E-state index contributed by atoms with van der Waals surface area (Å²) in [5.41, 5.74) is 13.0. The van der Waals surface area contributed by atoms with Gasteiger partial charge in [-0.05, 0) is 85.9 Å². The molecule has 0 aliphatic heterocycles. The number of para-hydroxylation sites is 1. The van der Waals surface area contributed by atoms with E-state index in [0.29, 0.717) is 0 Å². The Morgan fingerprint density at radius 2 is 1.04 bits per heavy atom. The van der Waals surface area contributed by atoms with Crippen LogP contribution in [-0.4, -0.2) is 0 Å². The number of furan rings is 1. The number of anilines is 3. The lowest BCUT2D eigenvalue weighted by molar-refractivity contribution is 0.669. The summed E-state index contributed by atoms with van der Waals surface area (Å²) in [6.07, 6.45) is 0. The molecule has 1 spiro atoms. The average Bonchev–Trinajstić information content (AvgIpc) is 3.50. The monoisotopic (exact) mass is 597 g/mol. The summed E-state index contributed by atoms with van der Waals surface area (Å²) in [6, 6.07) is 59.6. The van der Waals surface area contributed by atoms with Crippen molar-refractivity contribution in [3.63, 3.8) is 0 Å². The summed E-state index contributed by atoms with van der Waals surface area (Å²) in [7, 11) is 0.